The second-order valence-corrected chi connectivity index (χ2v) is 13.9. The summed E-state index contributed by atoms with van der Waals surface area (Å²) in [5.74, 6) is 0. The maximum atomic E-state index is 6.42. The third-order valence-electron chi connectivity index (χ3n) is 9.90. The van der Waals surface area contributed by atoms with E-state index in [1.165, 1.54) is 53.6 Å². The van der Waals surface area contributed by atoms with Crippen LogP contribution in [0.15, 0.2) is 192 Å². The van der Waals surface area contributed by atoms with E-state index in [4.69, 9.17) is 4.42 Å². The van der Waals surface area contributed by atoms with Gasteiger partial charge in [-0.15, -0.1) is 11.3 Å². The topological polar surface area (TPSA) is 16.4 Å². The van der Waals surface area contributed by atoms with Gasteiger partial charge in [0.2, 0.25) is 0 Å². The highest BCUT2D eigenvalue weighted by Gasteiger charge is 2.21. The average Bonchev–Trinajstić information content (AvgIpc) is 3.78. The summed E-state index contributed by atoms with van der Waals surface area (Å²) >= 11 is 1.87. The molecule has 2 nitrogen and oxygen atoms in total. The molecule has 0 amide bonds. The molecule has 0 aliphatic rings. The molecule has 0 fully saturated rings. The number of hydrogen-bond donors (Lipinski definition) is 0. The van der Waals surface area contributed by atoms with Gasteiger partial charge < -0.3 is 9.32 Å². The second-order valence-electron chi connectivity index (χ2n) is 12.9. The van der Waals surface area contributed by atoms with E-state index in [2.05, 4.69) is 181 Å². The Bertz CT molecular complexity index is 2850. The van der Waals surface area contributed by atoms with Crippen molar-refractivity contribution in [3.05, 3.63) is 188 Å². The Morgan fingerprint density at radius 1 is 0.353 bits per heavy atom. The molecule has 8 aromatic carbocycles. The SMILES string of the molecule is c1ccc(-c2ccccc2-c2ccc(N(c3ccc4c(c3)oc3ccccc34)c3cccc4c3sc3c(-c5ccccc5)cccc34)cc2)cc1. The van der Waals surface area contributed by atoms with E-state index in [1.54, 1.807) is 0 Å². The fraction of sp³-hybridized carbons (Fsp3) is 0. The van der Waals surface area contributed by atoms with Gasteiger partial charge in [-0.1, -0.05) is 146 Å². The van der Waals surface area contributed by atoms with Crippen LogP contribution in [0.5, 0.6) is 0 Å². The Hall–Kier alpha value is -6.42. The Morgan fingerprint density at radius 2 is 0.882 bits per heavy atom. The third-order valence-corrected chi connectivity index (χ3v) is 11.2. The first-order valence-electron chi connectivity index (χ1n) is 17.3. The molecule has 0 aliphatic carbocycles. The van der Waals surface area contributed by atoms with Crippen LogP contribution in [0.25, 0.3) is 75.5 Å². The van der Waals surface area contributed by atoms with E-state index >= 15 is 0 Å². The molecule has 51 heavy (non-hydrogen) atoms. The molecular formula is C48H31NOS. The Kier molecular flexibility index (Phi) is 7.04. The van der Waals surface area contributed by atoms with Gasteiger partial charge in [0.25, 0.3) is 0 Å². The van der Waals surface area contributed by atoms with Gasteiger partial charge in [0.1, 0.15) is 11.2 Å². The lowest BCUT2D eigenvalue weighted by Crippen LogP contribution is -2.10. The van der Waals surface area contributed by atoms with Gasteiger partial charge in [0.15, 0.2) is 0 Å². The lowest BCUT2D eigenvalue weighted by Gasteiger charge is -2.26. The minimum absolute atomic E-state index is 0.877. The molecule has 240 valence electrons. The van der Waals surface area contributed by atoms with Gasteiger partial charge in [-0.25, -0.2) is 0 Å². The number of para-hydroxylation sites is 1. The summed E-state index contributed by atoms with van der Waals surface area (Å²) in [5, 5.41) is 4.79. The molecule has 2 heterocycles. The number of furan rings is 1. The van der Waals surface area contributed by atoms with Crippen LogP contribution in [0.3, 0.4) is 0 Å². The van der Waals surface area contributed by atoms with E-state index in [9.17, 15) is 0 Å². The number of fused-ring (bicyclic) bond motifs is 6. The zero-order valence-electron chi connectivity index (χ0n) is 27.7. The number of anilines is 3. The second kappa shape index (κ2) is 12.2. The Labute approximate surface area is 300 Å². The number of benzene rings is 8. The number of rotatable bonds is 6. The summed E-state index contributed by atoms with van der Waals surface area (Å²) in [6.45, 7) is 0. The summed E-state index contributed by atoms with van der Waals surface area (Å²) in [4.78, 5) is 2.39. The van der Waals surface area contributed by atoms with Crippen LogP contribution in [0.4, 0.5) is 17.1 Å². The van der Waals surface area contributed by atoms with Gasteiger partial charge in [-0.05, 0) is 69.8 Å². The van der Waals surface area contributed by atoms with Crippen LogP contribution in [-0.4, -0.2) is 0 Å². The highest BCUT2D eigenvalue weighted by molar-refractivity contribution is 7.27. The lowest BCUT2D eigenvalue weighted by atomic mass is 9.94. The lowest BCUT2D eigenvalue weighted by molar-refractivity contribution is 0.669. The van der Waals surface area contributed by atoms with Crippen molar-refractivity contribution in [2.45, 2.75) is 0 Å². The molecule has 0 spiro atoms. The van der Waals surface area contributed by atoms with Gasteiger partial charge in [-0.3, -0.25) is 0 Å². The summed E-state index contributed by atoms with van der Waals surface area (Å²) in [5.41, 5.74) is 12.4. The average molecular weight is 670 g/mol. The largest absolute Gasteiger partial charge is 0.456 e. The Morgan fingerprint density at radius 3 is 1.63 bits per heavy atom. The molecule has 0 unspecified atom stereocenters. The summed E-state index contributed by atoms with van der Waals surface area (Å²) in [6.07, 6.45) is 0. The quantitative estimate of drug-likeness (QED) is 0.175. The summed E-state index contributed by atoms with van der Waals surface area (Å²) in [6, 6.07) is 67.3. The van der Waals surface area contributed by atoms with Crippen molar-refractivity contribution < 1.29 is 4.42 Å². The van der Waals surface area contributed by atoms with Crippen molar-refractivity contribution in [3.8, 4) is 33.4 Å². The molecule has 0 atom stereocenters. The molecule has 0 bridgehead atoms. The van der Waals surface area contributed by atoms with Crippen molar-refractivity contribution in [3.63, 3.8) is 0 Å². The standard InChI is InChI=1S/C48H31NOS/c1-3-13-32(14-4-1)37-17-7-8-18-38(37)34-25-27-35(28-26-34)49(36-29-30-41-40-19-9-10-24-45(40)50-46(41)31-36)44-23-12-22-43-42-21-11-20-39(47(42)51-48(43)44)33-15-5-2-6-16-33/h1-31H. The van der Waals surface area contributed by atoms with Crippen LogP contribution in [0, 0.1) is 0 Å². The predicted octanol–water partition coefficient (Wildman–Crippen LogP) is 14.4. The molecular weight excluding hydrogens is 639 g/mol. The van der Waals surface area contributed by atoms with Crippen molar-refractivity contribution in [2.75, 3.05) is 4.90 Å². The molecule has 0 N–H and O–H groups in total. The van der Waals surface area contributed by atoms with E-state index in [-0.39, 0.29) is 0 Å². The fourth-order valence-corrected chi connectivity index (χ4v) is 8.84. The minimum Gasteiger partial charge on any atom is -0.456 e. The van der Waals surface area contributed by atoms with Crippen LogP contribution in [0.1, 0.15) is 0 Å². The number of thiophene rings is 1. The predicted molar refractivity (Wildman–Crippen MR) is 218 cm³/mol. The van der Waals surface area contributed by atoms with Crippen LogP contribution in [-0.2, 0) is 0 Å². The van der Waals surface area contributed by atoms with Gasteiger partial charge in [0, 0.05) is 43.7 Å². The minimum atomic E-state index is 0.877. The highest BCUT2D eigenvalue weighted by atomic mass is 32.1. The van der Waals surface area contributed by atoms with E-state index < -0.39 is 0 Å². The molecule has 0 aliphatic heterocycles. The highest BCUT2D eigenvalue weighted by Crippen LogP contribution is 2.48. The van der Waals surface area contributed by atoms with Crippen molar-refractivity contribution in [1.82, 2.24) is 0 Å². The number of nitrogens with zero attached hydrogens (tertiary/aromatic N) is 1. The summed E-state index contributed by atoms with van der Waals surface area (Å²) in [7, 11) is 0. The van der Waals surface area contributed by atoms with E-state index in [0.717, 1.165) is 39.0 Å². The zero-order valence-corrected chi connectivity index (χ0v) is 28.5. The van der Waals surface area contributed by atoms with Crippen molar-refractivity contribution in [2.24, 2.45) is 0 Å². The van der Waals surface area contributed by atoms with E-state index in [1.807, 2.05) is 23.5 Å². The van der Waals surface area contributed by atoms with Crippen molar-refractivity contribution >= 4 is 70.5 Å². The van der Waals surface area contributed by atoms with Crippen molar-refractivity contribution in [1.29, 1.82) is 0 Å². The molecule has 2 aromatic heterocycles. The maximum Gasteiger partial charge on any atom is 0.137 e. The molecule has 10 aromatic rings. The van der Waals surface area contributed by atoms with Crippen LogP contribution in [0.2, 0.25) is 0 Å². The first kappa shape index (κ1) is 29.5. The molecule has 0 saturated heterocycles. The first-order chi connectivity index (χ1) is 25.3. The Balaban J connectivity index is 1.17. The molecule has 10 rings (SSSR count). The molecule has 0 saturated carbocycles. The first-order valence-corrected chi connectivity index (χ1v) is 18.1. The van der Waals surface area contributed by atoms with Crippen LogP contribution < -0.4 is 4.90 Å². The normalized spacial score (nSPS) is 11.5. The van der Waals surface area contributed by atoms with Gasteiger partial charge in [-0.2, -0.15) is 0 Å². The maximum absolute atomic E-state index is 6.42. The smallest absolute Gasteiger partial charge is 0.137 e. The third kappa shape index (κ3) is 5.01. The summed E-state index contributed by atoms with van der Waals surface area (Å²) < 4.78 is 8.97. The molecule has 3 heteroatoms. The monoisotopic (exact) mass is 669 g/mol. The van der Waals surface area contributed by atoms with Gasteiger partial charge in [0.05, 0.1) is 10.4 Å². The van der Waals surface area contributed by atoms with E-state index in [0.29, 0.717) is 0 Å². The fourth-order valence-electron chi connectivity index (χ4n) is 7.50. The van der Waals surface area contributed by atoms with Gasteiger partial charge >= 0.3 is 0 Å². The number of hydrogen-bond acceptors (Lipinski definition) is 3. The van der Waals surface area contributed by atoms with Crippen LogP contribution >= 0.6 is 11.3 Å². The zero-order chi connectivity index (χ0) is 33.7. The molecule has 0 radical (unpaired) electrons.